The van der Waals surface area contributed by atoms with E-state index >= 15 is 0 Å². The lowest BCUT2D eigenvalue weighted by Gasteiger charge is -2.32. The van der Waals surface area contributed by atoms with Crippen LogP contribution in [-0.2, 0) is 4.79 Å². The number of rotatable bonds is 6. The van der Waals surface area contributed by atoms with Crippen molar-refractivity contribution >= 4 is 5.78 Å². The zero-order valence-electron chi connectivity index (χ0n) is 11.3. The molecule has 94 valence electrons. The van der Waals surface area contributed by atoms with Gasteiger partial charge in [-0.25, -0.2) is 0 Å². The van der Waals surface area contributed by atoms with Gasteiger partial charge >= 0.3 is 0 Å². The van der Waals surface area contributed by atoms with Gasteiger partial charge in [0.1, 0.15) is 5.78 Å². The first-order valence-electron chi connectivity index (χ1n) is 6.80. The van der Waals surface area contributed by atoms with E-state index in [-0.39, 0.29) is 5.92 Å². The van der Waals surface area contributed by atoms with Gasteiger partial charge in [-0.15, -0.1) is 0 Å². The molecule has 1 saturated carbocycles. The second kappa shape index (κ2) is 6.39. The third-order valence-corrected chi connectivity index (χ3v) is 3.72. The van der Waals surface area contributed by atoms with Crippen LogP contribution in [0.5, 0.6) is 0 Å². The predicted octanol–water partition coefficient (Wildman–Crippen LogP) is 3.25. The highest BCUT2D eigenvalue weighted by Gasteiger charge is 2.24. The van der Waals surface area contributed by atoms with Crippen molar-refractivity contribution in [2.24, 2.45) is 5.92 Å². The van der Waals surface area contributed by atoms with E-state index in [0.717, 1.165) is 19.0 Å². The maximum Gasteiger partial charge on any atom is 0.136 e. The Kier molecular flexibility index (Phi) is 5.47. The number of carbonyl (C=O) groups is 1. The van der Waals surface area contributed by atoms with Crippen molar-refractivity contribution in [3.8, 4) is 0 Å². The van der Waals surface area contributed by atoms with Crippen molar-refractivity contribution in [2.75, 3.05) is 6.54 Å². The monoisotopic (exact) mass is 225 g/mol. The van der Waals surface area contributed by atoms with Gasteiger partial charge < -0.3 is 0 Å². The Bertz CT molecular complexity index is 217. The summed E-state index contributed by atoms with van der Waals surface area (Å²) < 4.78 is 0. The molecule has 2 heteroatoms. The van der Waals surface area contributed by atoms with Gasteiger partial charge in [-0.3, -0.25) is 9.69 Å². The molecule has 0 aromatic carbocycles. The molecule has 0 aromatic rings. The molecule has 0 aromatic heterocycles. The maximum atomic E-state index is 11.7. The molecule has 0 spiro atoms. The Balaban J connectivity index is 2.42. The smallest absolute Gasteiger partial charge is 0.136 e. The first kappa shape index (κ1) is 13.7. The minimum absolute atomic E-state index is 0.192. The molecule has 1 rings (SSSR count). The average Bonchev–Trinajstić information content (AvgIpc) is 2.70. The maximum absolute atomic E-state index is 11.7. The molecule has 0 N–H and O–H groups in total. The van der Waals surface area contributed by atoms with E-state index in [1.165, 1.54) is 25.7 Å². The van der Waals surface area contributed by atoms with Crippen molar-refractivity contribution in [3.63, 3.8) is 0 Å². The Morgan fingerprint density at radius 3 is 2.19 bits per heavy atom. The Morgan fingerprint density at radius 1 is 1.19 bits per heavy atom. The summed E-state index contributed by atoms with van der Waals surface area (Å²) in [7, 11) is 0. The van der Waals surface area contributed by atoms with Crippen LogP contribution in [0.15, 0.2) is 0 Å². The molecule has 0 saturated heterocycles. The molecule has 0 amide bonds. The lowest BCUT2D eigenvalue weighted by Crippen LogP contribution is -2.40. The van der Waals surface area contributed by atoms with Crippen LogP contribution < -0.4 is 0 Å². The summed E-state index contributed by atoms with van der Waals surface area (Å²) >= 11 is 0. The summed E-state index contributed by atoms with van der Waals surface area (Å²) in [6.07, 6.45) is 6.12. The number of hydrogen-bond donors (Lipinski definition) is 0. The van der Waals surface area contributed by atoms with Crippen molar-refractivity contribution in [1.82, 2.24) is 4.90 Å². The van der Waals surface area contributed by atoms with Gasteiger partial charge in [0, 0.05) is 31.0 Å². The fourth-order valence-corrected chi connectivity index (χ4v) is 2.63. The highest BCUT2D eigenvalue weighted by atomic mass is 16.1. The zero-order valence-corrected chi connectivity index (χ0v) is 11.3. The molecule has 0 aliphatic heterocycles. The predicted molar refractivity (Wildman–Crippen MR) is 68.6 cm³/mol. The Labute approximate surface area is 100 Å². The van der Waals surface area contributed by atoms with Crippen LogP contribution >= 0.6 is 0 Å². The summed E-state index contributed by atoms with van der Waals surface area (Å²) in [5.41, 5.74) is 0. The van der Waals surface area contributed by atoms with E-state index < -0.39 is 0 Å². The molecule has 0 heterocycles. The largest absolute Gasteiger partial charge is 0.299 e. The Hall–Kier alpha value is -0.370. The molecular formula is C14H27NO. The van der Waals surface area contributed by atoms with Gasteiger partial charge in [-0.2, -0.15) is 0 Å². The van der Waals surface area contributed by atoms with Crippen LogP contribution in [0.3, 0.4) is 0 Å². The van der Waals surface area contributed by atoms with Gasteiger partial charge in [-0.1, -0.05) is 26.7 Å². The van der Waals surface area contributed by atoms with E-state index in [1.54, 1.807) is 0 Å². The second-order valence-corrected chi connectivity index (χ2v) is 5.64. The molecule has 1 aliphatic rings. The van der Waals surface area contributed by atoms with Gasteiger partial charge in [0.05, 0.1) is 0 Å². The Morgan fingerprint density at radius 2 is 1.75 bits per heavy atom. The van der Waals surface area contributed by atoms with Crippen LogP contribution in [0.2, 0.25) is 0 Å². The minimum atomic E-state index is 0.192. The third-order valence-electron chi connectivity index (χ3n) is 3.72. The standard InChI is InChI=1S/C14H27NO/c1-11(2)14(16)9-10-15(12(3)4)13-7-5-6-8-13/h11-13H,5-10H2,1-4H3. The van der Waals surface area contributed by atoms with Crippen LogP contribution in [0.25, 0.3) is 0 Å². The van der Waals surface area contributed by atoms with E-state index in [2.05, 4.69) is 18.7 Å². The first-order chi connectivity index (χ1) is 7.52. The van der Waals surface area contributed by atoms with Gasteiger partial charge in [0.2, 0.25) is 0 Å². The SMILES string of the molecule is CC(C)C(=O)CCN(C(C)C)C1CCCC1. The molecule has 2 nitrogen and oxygen atoms in total. The quantitative estimate of drug-likeness (QED) is 0.691. The molecule has 1 aliphatic carbocycles. The fraction of sp³-hybridized carbons (Fsp3) is 0.929. The molecule has 0 radical (unpaired) electrons. The fourth-order valence-electron chi connectivity index (χ4n) is 2.63. The number of nitrogens with zero attached hydrogens (tertiary/aromatic N) is 1. The van der Waals surface area contributed by atoms with Crippen LogP contribution in [-0.4, -0.2) is 29.3 Å². The summed E-state index contributed by atoms with van der Waals surface area (Å²) in [6.45, 7) is 9.45. The third kappa shape index (κ3) is 3.89. The van der Waals surface area contributed by atoms with Gasteiger partial charge in [-0.05, 0) is 26.7 Å². The topological polar surface area (TPSA) is 20.3 Å². The van der Waals surface area contributed by atoms with E-state index in [4.69, 9.17) is 0 Å². The zero-order chi connectivity index (χ0) is 12.1. The van der Waals surface area contributed by atoms with Crippen LogP contribution in [0.1, 0.15) is 59.8 Å². The molecule has 0 bridgehead atoms. The summed E-state index contributed by atoms with van der Waals surface area (Å²) in [5, 5.41) is 0. The van der Waals surface area contributed by atoms with Crippen molar-refractivity contribution < 1.29 is 4.79 Å². The van der Waals surface area contributed by atoms with Crippen molar-refractivity contribution in [1.29, 1.82) is 0 Å². The highest BCUT2D eigenvalue weighted by molar-refractivity contribution is 5.80. The minimum Gasteiger partial charge on any atom is -0.299 e. The molecule has 16 heavy (non-hydrogen) atoms. The van der Waals surface area contributed by atoms with Crippen LogP contribution in [0.4, 0.5) is 0 Å². The van der Waals surface area contributed by atoms with Crippen LogP contribution in [0, 0.1) is 5.92 Å². The second-order valence-electron chi connectivity index (χ2n) is 5.64. The summed E-state index contributed by atoms with van der Waals surface area (Å²) in [6, 6.07) is 1.31. The molecule has 0 unspecified atom stereocenters. The van der Waals surface area contributed by atoms with Gasteiger partial charge in [0.15, 0.2) is 0 Å². The normalized spacial score (nSPS) is 17.9. The van der Waals surface area contributed by atoms with Crippen molar-refractivity contribution in [2.45, 2.75) is 71.9 Å². The molecule has 1 fully saturated rings. The van der Waals surface area contributed by atoms with Crippen molar-refractivity contribution in [3.05, 3.63) is 0 Å². The van der Waals surface area contributed by atoms with E-state index in [1.807, 2.05) is 13.8 Å². The van der Waals surface area contributed by atoms with E-state index in [9.17, 15) is 4.79 Å². The molecular weight excluding hydrogens is 198 g/mol. The number of carbonyl (C=O) groups excluding carboxylic acids is 1. The number of hydrogen-bond acceptors (Lipinski definition) is 2. The summed E-state index contributed by atoms with van der Waals surface area (Å²) in [5.74, 6) is 0.598. The lowest BCUT2D eigenvalue weighted by atomic mass is 10.0. The number of Topliss-reactive ketones (excluding diaryl/α,β-unsaturated/α-hetero) is 1. The van der Waals surface area contributed by atoms with E-state index in [0.29, 0.717) is 11.8 Å². The van der Waals surface area contributed by atoms with Gasteiger partial charge in [0.25, 0.3) is 0 Å². The molecule has 0 atom stereocenters. The average molecular weight is 225 g/mol. The highest BCUT2D eigenvalue weighted by Crippen LogP contribution is 2.25. The number of ketones is 1. The lowest BCUT2D eigenvalue weighted by molar-refractivity contribution is -0.122. The first-order valence-corrected chi connectivity index (χ1v) is 6.80. The summed E-state index contributed by atoms with van der Waals surface area (Å²) in [4.78, 5) is 14.2.